The molecule has 1 atom stereocenters. The Kier molecular flexibility index (Phi) is 7.01. The molecule has 0 heterocycles. The van der Waals surface area contributed by atoms with Crippen LogP contribution in [0.15, 0.2) is 0 Å². The van der Waals surface area contributed by atoms with Crippen molar-refractivity contribution >= 4 is 0 Å². The molecule has 0 radical (unpaired) electrons. The van der Waals surface area contributed by atoms with Gasteiger partial charge in [0.15, 0.2) is 0 Å². The van der Waals surface area contributed by atoms with E-state index in [9.17, 15) is 0 Å². The largest absolute Gasteiger partial charge is 0.380 e. The fraction of sp³-hybridized carbons (Fsp3) is 1.00. The minimum absolute atomic E-state index is 0.638. The smallest absolute Gasteiger partial charge is 0.0593 e. The second-order valence-corrected chi connectivity index (χ2v) is 5.15. The molecule has 1 saturated carbocycles. The Balaban J connectivity index is 1.83. The monoisotopic (exact) mass is 228 g/mol. The van der Waals surface area contributed by atoms with Gasteiger partial charge in [-0.1, -0.05) is 0 Å². The Morgan fingerprint density at radius 1 is 1.38 bits per heavy atom. The summed E-state index contributed by atoms with van der Waals surface area (Å²) in [4.78, 5) is 2.37. The van der Waals surface area contributed by atoms with Gasteiger partial charge in [-0.05, 0) is 59.2 Å². The van der Waals surface area contributed by atoms with Gasteiger partial charge in [-0.2, -0.15) is 0 Å². The van der Waals surface area contributed by atoms with Crippen LogP contribution >= 0.6 is 0 Å². The summed E-state index contributed by atoms with van der Waals surface area (Å²) in [5, 5.41) is 3.27. The van der Waals surface area contributed by atoms with E-state index in [1.807, 2.05) is 7.05 Å². The fourth-order valence-corrected chi connectivity index (χ4v) is 1.68. The van der Waals surface area contributed by atoms with Gasteiger partial charge in [-0.3, -0.25) is 0 Å². The van der Waals surface area contributed by atoms with Crippen molar-refractivity contribution < 1.29 is 4.74 Å². The summed E-state index contributed by atoms with van der Waals surface area (Å²) < 4.78 is 5.62. The number of nitrogens with zero attached hydrogens (tertiary/aromatic N) is 1. The zero-order chi connectivity index (χ0) is 11.8. The van der Waals surface area contributed by atoms with E-state index in [1.54, 1.807) is 0 Å². The third-order valence-corrected chi connectivity index (χ3v) is 3.34. The van der Waals surface area contributed by atoms with E-state index in [0.717, 1.165) is 25.7 Å². The molecule has 0 aromatic rings. The normalized spacial score (nSPS) is 18.0. The van der Waals surface area contributed by atoms with Gasteiger partial charge < -0.3 is 15.0 Å². The highest BCUT2D eigenvalue weighted by Crippen LogP contribution is 2.28. The topological polar surface area (TPSA) is 24.5 Å². The lowest BCUT2D eigenvalue weighted by Gasteiger charge is -2.17. The Bertz CT molecular complexity index is 171. The first-order valence-electron chi connectivity index (χ1n) is 6.66. The van der Waals surface area contributed by atoms with Crippen molar-refractivity contribution in [3.63, 3.8) is 0 Å². The summed E-state index contributed by atoms with van der Waals surface area (Å²) >= 11 is 0. The summed E-state index contributed by atoms with van der Waals surface area (Å²) in [6, 6.07) is 0.638. The molecule has 1 rings (SSSR count). The molecule has 0 spiro atoms. The summed E-state index contributed by atoms with van der Waals surface area (Å²) in [5.41, 5.74) is 0. The quantitative estimate of drug-likeness (QED) is 0.576. The second-order valence-electron chi connectivity index (χ2n) is 5.15. The van der Waals surface area contributed by atoms with E-state index in [1.165, 1.54) is 32.2 Å². The molecule has 16 heavy (non-hydrogen) atoms. The molecule has 0 saturated heterocycles. The third-order valence-electron chi connectivity index (χ3n) is 3.34. The first-order valence-corrected chi connectivity index (χ1v) is 6.66. The molecule has 1 aliphatic rings. The maximum atomic E-state index is 5.62. The van der Waals surface area contributed by atoms with Crippen LogP contribution < -0.4 is 5.32 Å². The van der Waals surface area contributed by atoms with Gasteiger partial charge in [0.05, 0.1) is 6.61 Å². The molecular formula is C13H28N2O. The molecule has 1 fully saturated rings. The van der Waals surface area contributed by atoms with Crippen molar-refractivity contribution in [2.75, 3.05) is 40.4 Å². The van der Waals surface area contributed by atoms with Crippen LogP contribution in [-0.2, 0) is 4.74 Å². The molecular weight excluding hydrogens is 200 g/mol. The van der Waals surface area contributed by atoms with Crippen LogP contribution in [0.25, 0.3) is 0 Å². The molecule has 1 unspecified atom stereocenters. The molecule has 0 bridgehead atoms. The molecule has 1 aliphatic carbocycles. The van der Waals surface area contributed by atoms with Crippen LogP contribution in [0.1, 0.15) is 32.6 Å². The maximum Gasteiger partial charge on any atom is 0.0593 e. The zero-order valence-electron chi connectivity index (χ0n) is 11.2. The SMILES string of the molecule is CNC(C)CCCN(C)CCOCC1CC1. The van der Waals surface area contributed by atoms with Gasteiger partial charge in [-0.15, -0.1) is 0 Å². The number of hydrogen-bond donors (Lipinski definition) is 1. The van der Waals surface area contributed by atoms with Gasteiger partial charge in [0.1, 0.15) is 0 Å². The maximum absolute atomic E-state index is 5.62. The van der Waals surface area contributed by atoms with E-state index in [2.05, 4.69) is 24.2 Å². The van der Waals surface area contributed by atoms with Crippen LogP contribution in [0.2, 0.25) is 0 Å². The number of nitrogens with one attached hydrogen (secondary N) is 1. The van der Waals surface area contributed by atoms with Crippen LogP contribution in [0.3, 0.4) is 0 Å². The van der Waals surface area contributed by atoms with Crippen molar-refractivity contribution in [2.24, 2.45) is 5.92 Å². The average Bonchev–Trinajstić information content (AvgIpc) is 3.08. The summed E-state index contributed by atoms with van der Waals surface area (Å²) in [6.07, 6.45) is 5.29. The average molecular weight is 228 g/mol. The number of rotatable bonds is 10. The van der Waals surface area contributed by atoms with E-state index in [-0.39, 0.29) is 0 Å². The summed E-state index contributed by atoms with van der Waals surface area (Å²) in [5.74, 6) is 0.891. The zero-order valence-corrected chi connectivity index (χ0v) is 11.2. The highest BCUT2D eigenvalue weighted by molar-refractivity contribution is 4.72. The van der Waals surface area contributed by atoms with Crippen molar-refractivity contribution in [3.8, 4) is 0 Å². The fourth-order valence-electron chi connectivity index (χ4n) is 1.68. The van der Waals surface area contributed by atoms with Crippen LogP contribution in [0.5, 0.6) is 0 Å². The molecule has 3 nitrogen and oxygen atoms in total. The predicted octanol–water partition coefficient (Wildman–Crippen LogP) is 1.73. The van der Waals surface area contributed by atoms with Crippen molar-refractivity contribution in [2.45, 2.75) is 38.6 Å². The molecule has 96 valence electrons. The summed E-state index contributed by atoms with van der Waals surface area (Å²) in [7, 11) is 4.21. The van der Waals surface area contributed by atoms with E-state index in [0.29, 0.717) is 6.04 Å². The molecule has 0 aromatic carbocycles. The molecule has 0 amide bonds. The second kappa shape index (κ2) is 8.04. The lowest BCUT2D eigenvalue weighted by atomic mass is 10.2. The number of hydrogen-bond acceptors (Lipinski definition) is 3. The van der Waals surface area contributed by atoms with Gasteiger partial charge >= 0.3 is 0 Å². The van der Waals surface area contributed by atoms with Gasteiger partial charge in [-0.25, -0.2) is 0 Å². The van der Waals surface area contributed by atoms with Gasteiger partial charge in [0.25, 0.3) is 0 Å². The minimum Gasteiger partial charge on any atom is -0.380 e. The predicted molar refractivity (Wildman–Crippen MR) is 68.8 cm³/mol. The third kappa shape index (κ3) is 7.20. The van der Waals surface area contributed by atoms with Crippen LogP contribution in [0.4, 0.5) is 0 Å². The first kappa shape index (κ1) is 13.9. The molecule has 1 N–H and O–H groups in total. The van der Waals surface area contributed by atoms with Crippen molar-refractivity contribution in [1.82, 2.24) is 10.2 Å². The van der Waals surface area contributed by atoms with Crippen LogP contribution in [-0.4, -0.2) is 51.3 Å². The standard InChI is InChI=1S/C13H28N2O/c1-12(14-2)5-4-8-15(3)9-10-16-11-13-6-7-13/h12-14H,4-11H2,1-3H3. The van der Waals surface area contributed by atoms with Crippen molar-refractivity contribution in [1.29, 1.82) is 0 Å². The Labute approximate surface area is 101 Å². The lowest BCUT2D eigenvalue weighted by molar-refractivity contribution is 0.103. The van der Waals surface area contributed by atoms with E-state index >= 15 is 0 Å². The highest BCUT2D eigenvalue weighted by Gasteiger charge is 2.20. The Morgan fingerprint density at radius 3 is 2.75 bits per heavy atom. The molecule has 0 aromatic heterocycles. The molecule has 3 heteroatoms. The van der Waals surface area contributed by atoms with Crippen LogP contribution in [0, 0.1) is 5.92 Å². The van der Waals surface area contributed by atoms with E-state index in [4.69, 9.17) is 4.74 Å². The van der Waals surface area contributed by atoms with Gasteiger partial charge in [0.2, 0.25) is 0 Å². The first-order chi connectivity index (χ1) is 7.72. The number of likely N-dealkylation sites (N-methyl/N-ethyl adjacent to an activating group) is 1. The Morgan fingerprint density at radius 2 is 2.12 bits per heavy atom. The minimum atomic E-state index is 0.638. The van der Waals surface area contributed by atoms with Crippen molar-refractivity contribution in [3.05, 3.63) is 0 Å². The Hall–Kier alpha value is -0.120. The lowest BCUT2D eigenvalue weighted by Crippen LogP contribution is -2.27. The summed E-state index contributed by atoms with van der Waals surface area (Å²) in [6.45, 7) is 6.37. The number of ether oxygens (including phenoxy) is 1. The van der Waals surface area contributed by atoms with E-state index < -0.39 is 0 Å². The van der Waals surface area contributed by atoms with Gasteiger partial charge in [0, 0.05) is 19.2 Å². The molecule has 0 aliphatic heterocycles. The highest BCUT2D eigenvalue weighted by atomic mass is 16.5.